The maximum Gasteiger partial charge on any atom is 0.127 e. The van der Waals surface area contributed by atoms with E-state index in [4.69, 9.17) is 0 Å². The molecular weight excluding hydrogens is 265 g/mol. The van der Waals surface area contributed by atoms with Gasteiger partial charge in [-0.3, -0.25) is 4.90 Å². The van der Waals surface area contributed by atoms with E-state index in [9.17, 15) is 4.39 Å². The predicted molar refractivity (Wildman–Crippen MR) is 85.8 cm³/mol. The van der Waals surface area contributed by atoms with E-state index in [1.54, 1.807) is 12.1 Å². The van der Waals surface area contributed by atoms with Crippen molar-refractivity contribution >= 4 is 0 Å². The minimum atomic E-state index is -0.0799. The summed E-state index contributed by atoms with van der Waals surface area (Å²) in [5.41, 5.74) is 0.818. The largest absolute Gasteiger partial charge is 0.315 e. The van der Waals surface area contributed by atoms with Crippen molar-refractivity contribution in [1.29, 1.82) is 0 Å². The molecule has 4 heteroatoms. The molecule has 1 saturated heterocycles. The Balaban J connectivity index is 1.74. The molecule has 3 nitrogen and oxygen atoms in total. The molecule has 0 spiro atoms. The third kappa shape index (κ3) is 5.73. The van der Waals surface area contributed by atoms with Gasteiger partial charge in [-0.05, 0) is 52.0 Å². The zero-order valence-electron chi connectivity index (χ0n) is 13.3. The van der Waals surface area contributed by atoms with Crippen molar-refractivity contribution in [2.75, 3.05) is 46.8 Å². The van der Waals surface area contributed by atoms with Crippen LogP contribution in [0.5, 0.6) is 0 Å². The van der Waals surface area contributed by atoms with Crippen molar-refractivity contribution < 1.29 is 4.39 Å². The lowest BCUT2D eigenvalue weighted by molar-refractivity contribution is 0.163. The molecular formula is C17H28FN3. The monoisotopic (exact) mass is 293 g/mol. The summed E-state index contributed by atoms with van der Waals surface area (Å²) in [4.78, 5) is 4.58. The van der Waals surface area contributed by atoms with E-state index >= 15 is 0 Å². The fourth-order valence-electron chi connectivity index (χ4n) is 2.94. The highest BCUT2D eigenvalue weighted by atomic mass is 19.1. The molecule has 1 N–H and O–H groups in total. The van der Waals surface area contributed by atoms with Gasteiger partial charge in [-0.2, -0.15) is 0 Å². The van der Waals surface area contributed by atoms with Crippen molar-refractivity contribution in [3.8, 4) is 0 Å². The smallest absolute Gasteiger partial charge is 0.127 e. The SMILES string of the molecule is CN(C)CCNC[C@@H]1CCCN(Cc2ccccc2F)C1. The van der Waals surface area contributed by atoms with Gasteiger partial charge in [0.25, 0.3) is 0 Å². The number of hydrogen-bond donors (Lipinski definition) is 1. The van der Waals surface area contributed by atoms with Gasteiger partial charge in [-0.1, -0.05) is 18.2 Å². The number of piperidine rings is 1. The Morgan fingerprint density at radius 1 is 1.33 bits per heavy atom. The molecule has 118 valence electrons. The molecule has 0 aromatic heterocycles. The quantitative estimate of drug-likeness (QED) is 0.778. The number of nitrogens with one attached hydrogen (secondary N) is 1. The van der Waals surface area contributed by atoms with Gasteiger partial charge in [0.15, 0.2) is 0 Å². The highest BCUT2D eigenvalue weighted by Crippen LogP contribution is 2.19. The molecule has 1 aliphatic rings. The van der Waals surface area contributed by atoms with Crippen LogP contribution in [0.2, 0.25) is 0 Å². The number of nitrogens with zero attached hydrogens (tertiary/aromatic N) is 2. The van der Waals surface area contributed by atoms with Crippen molar-refractivity contribution in [2.24, 2.45) is 5.92 Å². The van der Waals surface area contributed by atoms with Crippen LogP contribution in [-0.2, 0) is 6.54 Å². The summed E-state index contributed by atoms with van der Waals surface area (Å²) in [6.45, 7) is 6.08. The van der Waals surface area contributed by atoms with Crippen LogP contribution in [0.1, 0.15) is 18.4 Å². The summed E-state index contributed by atoms with van der Waals surface area (Å²) in [7, 11) is 4.19. The number of rotatable bonds is 7. The molecule has 1 aromatic rings. The van der Waals surface area contributed by atoms with Crippen LogP contribution in [0.3, 0.4) is 0 Å². The zero-order chi connectivity index (χ0) is 15.1. The second-order valence-electron chi connectivity index (χ2n) is 6.34. The van der Waals surface area contributed by atoms with Crippen LogP contribution in [0.15, 0.2) is 24.3 Å². The fraction of sp³-hybridized carbons (Fsp3) is 0.647. The minimum absolute atomic E-state index is 0.0799. The van der Waals surface area contributed by atoms with Gasteiger partial charge >= 0.3 is 0 Å². The Morgan fingerprint density at radius 2 is 2.14 bits per heavy atom. The van der Waals surface area contributed by atoms with E-state index < -0.39 is 0 Å². The number of benzene rings is 1. The van der Waals surface area contributed by atoms with Crippen molar-refractivity contribution in [3.05, 3.63) is 35.6 Å². The Kier molecular flexibility index (Phi) is 6.61. The van der Waals surface area contributed by atoms with Crippen LogP contribution >= 0.6 is 0 Å². The van der Waals surface area contributed by atoms with Gasteiger partial charge in [0.2, 0.25) is 0 Å². The number of likely N-dealkylation sites (tertiary alicyclic amines) is 1. The maximum atomic E-state index is 13.7. The third-order valence-electron chi connectivity index (χ3n) is 4.12. The minimum Gasteiger partial charge on any atom is -0.315 e. The van der Waals surface area contributed by atoms with E-state index in [2.05, 4.69) is 29.2 Å². The summed E-state index contributed by atoms with van der Waals surface area (Å²) in [5.74, 6) is 0.608. The lowest BCUT2D eigenvalue weighted by Crippen LogP contribution is -2.40. The number of likely N-dealkylation sites (N-methyl/N-ethyl adjacent to an activating group) is 1. The van der Waals surface area contributed by atoms with E-state index in [0.29, 0.717) is 5.92 Å². The van der Waals surface area contributed by atoms with Crippen LogP contribution in [0.25, 0.3) is 0 Å². The van der Waals surface area contributed by atoms with Crippen LogP contribution in [0, 0.1) is 11.7 Å². The average Bonchev–Trinajstić information content (AvgIpc) is 2.46. The number of hydrogen-bond acceptors (Lipinski definition) is 3. The Bertz CT molecular complexity index is 422. The highest BCUT2D eigenvalue weighted by molar-refractivity contribution is 5.17. The summed E-state index contributed by atoms with van der Waals surface area (Å²) in [6.07, 6.45) is 2.50. The van der Waals surface area contributed by atoms with Gasteiger partial charge in [0, 0.05) is 31.7 Å². The van der Waals surface area contributed by atoms with Crippen molar-refractivity contribution in [2.45, 2.75) is 19.4 Å². The van der Waals surface area contributed by atoms with Crippen LogP contribution in [-0.4, -0.2) is 56.6 Å². The summed E-state index contributed by atoms with van der Waals surface area (Å²) in [5, 5.41) is 3.54. The fourth-order valence-corrected chi connectivity index (χ4v) is 2.94. The average molecular weight is 293 g/mol. The second kappa shape index (κ2) is 8.47. The highest BCUT2D eigenvalue weighted by Gasteiger charge is 2.20. The molecule has 0 bridgehead atoms. The number of halogens is 1. The molecule has 1 aliphatic heterocycles. The predicted octanol–water partition coefficient (Wildman–Crippen LogP) is 2.19. The summed E-state index contributed by atoms with van der Waals surface area (Å²) >= 11 is 0. The van der Waals surface area contributed by atoms with Gasteiger partial charge in [-0.25, -0.2) is 4.39 Å². The second-order valence-corrected chi connectivity index (χ2v) is 6.34. The van der Waals surface area contributed by atoms with Crippen LogP contribution < -0.4 is 5.32 Å². The molecule has 1 heterocycles. The van der Waals surface area contributed by atoms with Gasteiger partial charge in [0.05, 0.1) is 0 Å². The molecule has 1 fully saturated rings. The first-order valence-corrected chi connectivity index (χ1v) is 7.96. The molecule has 21 heavy (non-hydrogen) atoms. The lowest BCUT2D eigenvalue weighted by atomic mass is 9.97. The van der Waals surface area contributed by atoms with E-state index in [1.165, 1.54) is 12.8 Å². The molecule has 1 aromatic carbocycles. The first-order chi connectivity index (χ1) is 10.1. The van der Waals surface area contributed by atoms with Crippen molar-refractivity contribution in [3.63, 3.8) is 0 Å². The Labute approximate surface area is 128 Å². The molecule has 0 unspecified atom stereocenters. The molecule has 1 atom stereocenters. The first-order valence-electron chi connectivity index (χ1n) is 7.96. The summed E-state index contributed by atoms with van der Waals surface area (Å²) < 4.78 is 13.7. The first kappa shape index (κ1) is 16.4. The lowest BCUT2D eigenvalue weighted by Gasteiger charge is -2.33. The van der Waals surface area contributed by atoms with Crippen molar-refractivity contribution in [1.82, 2.24) is 15.1 Å². The normalized spacial score (nSPS) is 20.1. The third-order valence-corrected chi connectivity index (χ3v) is 4.12. The Hall–Kier alpha value is -0.970. The molecule has 0 saturated carbocycles. The van der Waals surface area contributed by atoms with E-state index in [1.807, 2.05) is 12.1 Å². The van der Waals surface area contributed by atoms with E-state index in [0.717, 1.165) is 44.8 Å². The van der Waals surface area contributed by atoms with Gasteiger partial charge < -0.3 is 10.2 Å². The molecule has 0 amide bonds. The molecule has 2 rings (SSSR count). The standard InChI is InChI=1S/C17H28FN3/c1-20(2)11-9-19-12-15-6-5-10-21(13-15)14-16-7-3-4-8-17(16)18/h3-4,7-8,15,19H,5-6,9-14H2,1-2H3/t15-/m0/s1. The molecule has 0 aliphatic carbocycles. The van der Waals surface area contributed by atoms with Crippen LogP contribution in [0.4, 0.5) is 4.39 Å². The summed E-state index contributed by atoms with van der Waals surface area (Å²) in [6, 6.07) is 7.13. The van der Waals surface area contributed by atoms with Gasteiger partial charge in [0.1, 0.15) is 5.82 Å². The van der Waals surface area contributed by atoms with E-state index in [-0.39, 0.29) is 5.82 Å². The topological polar surface area (TPSA) is 18.5 Å². The zero-order valence-corrected chi connectivity index (χ0v) is 13.3. The van der Waals surface area contributed by atoms with Gasteiger partial charge in [-0.15, -0.1) is 0 Å². The molecule has 0 radical (unpaired) electrons. The Morgan fingerprint density at radius 3 is 2.90 bits per heavy atom. The maximum absolute atomic E-state index is 13.7.